The molecule has 0 spiro atoms. The van der Waals surface area contributed by atoms with E-state index in [1.807, 2.05) is 0 Å². The Labute approximate surface area is 122 Å². The van der Waals surface area contributed by atoms with Crippen LogP contribution in [0.1, 0.15) is 12.8 Å². The van der Waals surface area contributed by atoms with E-state index in [4.69, 9.17) is 5.73 Å². The van der Waals surface area contributed by atoms with Gasteiger partial charge in [0.25, 0.3) is 0 Å². The third kappa shape index (κ3) is 4.11. The molecule has 3 nitrogen and oxygen atoms in total. The van der Waals surface area contributed by atoms with Gasteiger partial charge in [-0.2, -0.15) is 13.2 Å². The van der Waals surface area contributed by atoms with Crippen LogP contribution in [0, 0.1) is 5.92 Å². The number of anilines is 2. The zero-order valence-electron chi connectivity index (χ0n) is 11.3. The monoisotopic (exact) mass is 328 g/mol. The van der Waals surface area contributed by atoms with Crippen LogP contribution in [0.25, 0.3) is 0 Å². The molecule has 0 bridgehead atoms. The first-order valence-corrected chi connectivity index (χ1v) is 6.53. The Morgan fingerprint density at radius 2 is 1.82 bits per heavy atom. The highest BCUT2D eigenvalue weighted by atomic mass is 19.4. The predicted octanol–water partition coefficient (Wildman–Crippen LogP) is 3.95. The molecule has 1 saturated heterocycles. The van der Waals surface area contributed by atoms with Crippen molar-refractivity contribution in [2.24, 2.45) is 5.92 Å². The van der Waals surface area contributed by atoms with Gasteiger partial charge >= 0.3 is 12.5 Å². The van der Waals surface area contributed by atoms with Crippen molar-refractivity contribution in [2.45, 2.75) is 25.4 Å². The molecular weight excluding hydrogens is 314 g/mol. The largest absolute Gasteiger partial charge is 0.573 e. The van der Waals surface area contributed by atoms with E-state index < -0.39 is 24.2 Å². The highest BCUT2D eigenvalue weighted by molar-refractivity contribution is 5.69. The number of benzene rings is 1. The zero-order valence-corrected chi connectivity index (χ0v) is 11.3. The minimum absolute atomic E-state index is 0.0369. The van der Waals surface area contributed by atoms with Crippen LogP contribution < -0.4 is 15.4 Å². The number of hydrogen-bond donors (Lipinski definition) is 1. The third-order valence-corrected chi connectivity index (χ3v) is 3.46. The minimum atomic E-state index is -4.85. The Balaban J connectivity index is 2.15. The van der Waals surface area contributed by atoms with E-state index in [2.05, 4.69) is 4.74 Å². The van der Waals surface area contributed by atoms with Crippen molar-refractivity contribution < 1.29 is 31.1 Å². The summed E-state index contributed by atoms with van der Waals surface area (Å²) in [6, 6.07) is 3.24. The number of hydrogen-bond acceptors (Lipinski definition) is 3. The van der Waals surface area contributed by atoms with E-state index in [1.165, 1.54) is 11.0 Å². The van der Waals surface area contributed by atoms with Gasteiger partial charge in [0.15, 0.2) is 0 Å². The van der Waals surface area contributed by atoms with Crippen molar-refractivity contribution >= 4 is 11.4 Å². The molecule has 1 unspecified atom stereocenters. The SMILES string of the molecule is Nc1cc(OC(F)(F)F)ccc1N1CCCC(C(F)(F)F)C1. The number of alkyl halides is 6. The second-order valence-electron chi connectivity index (χ2n) is 5.10. The molecule has 0 saturated carbocycles. The van der Waals surface area contributed by atoms with Crippen molar-refractivity contribution in [2.75, 3.05) is 23.7 Å². The lowest BCUT2D eigenvalue weighted by Crippen LogP contribution is -2.42. The van der Waals surface area contributed by atoms with E-state index in [0.717, 1.165) is 12.1 Å². The highest BCUT2D eigenvalue weighted by Crippen LogP contribution is 2.37. The smallest absolute Gasteiger partial charge is 0.406 e. The van der Waals surface area contributed by atoms with Crippen LogP contribution in [0.3, 0.4) is 0 Å². The van der Waals surface area contributed by atoms with Gasteiger partial charge in [-0.3, -0.25) is 0 Å². The second-order valence-corrected chi connectivity index (χ2v) is 5.10. The van der Waals surface area contributed by atoms with Gasteiger partial charge in [0.05, 0.1) is 17.3 Å². The average molecular weight is 328 g/mol. The number of piperidine rings is 1. The van der Waals surface area contributed by atoms with Gasteiger partial charge in [-0.1, -0.05) is 0 Å². The van der Waals surface area contributed by atoms with Gasteiger partial charge < -0.3 is 15.4 Å². The molecule has 9 heteroatoms. The third-order valence-electron chi connectivity index (χ3n) is 3.46. The van der Waals surface area contributed by atoms with Crippen molar-refractivity contribution in [3.05, 3.63) is 18.2 Å². The highest BCUT2D eigenvalue weighted by Gasteiger charge is 2.42. The summed E-state index contributed by atoms with van der Waals surface area (Å²) in [6.07, 6.45) is -8.77. The molecule has 0 aromatic heterocycles. The molecule has 124 valence electrons. The molecule has 1 atom stereocenters. The first-order chi connectivity index (χ1) is 10.1. The fourth-order valence-electron chi connectivity index (χ4n) is 2.48. The van der Waals surface area contributed by atoms with Crippen molar-refractivity contribution in [1.82, 2.24) is 0 Å². The van der Waals surface area contributed by atoms with Gasteiger partial charge in [-0.25, -0.2) is 0 Å². The maximum Gasteiger partial charge on any atom is 0.573 e. The lowest BCUT2D eigenvalue weighted by Gasteiger charge is -2.35. The topological polar surface area (TPSA) is 38.5 Å². The molecule has 1 heterocycles. The average Bonchev–Trinajstić information content (AvgIpc) is 2.36. The summed E-state index contributed by atoms with van der Waals surface area (Å²) in [7, 11) is 0. The van der Waals surface area contributed by atoms with Gasteiger partial charge in [-0.05, 0) is 25.0 Å². The number of ether oxygens (including phenoxy) is 1. The van der Waals surface area contributed by atoms with Crippen molar-refractivity contribution in [3.8, 4) is 5.75 Å². The molecule has 1 aromatic carbocycles. The van der Waals surface area contributed by atoms with E-state index in [-0.39, 0.29) is 24.3 Å². The summed E-state index contributed by atoms with van der Waals surface area (Å²) < 4.78 is 78.4. The number of nitrogen functional groups attached to an aromatic ring is 1. The number of nitrogens with zero attached hydrogens (tertiary/aromatic N) is 1. The Hall–Kier alpha value is -1.80. The van der Waals surface area contributed by atoms with Gasteiger partial charge in [0.2, 0.25) is 0 Å². The van der Waals surface area contributed by atoms with Gasteiger partial charge in [0, 0.05) is 19.2 Å². The van der Waals surface area contributed by atoms with Crippen molar-refractivity contribution in [1.29, 1.82) is 0 Å². The lowest BCUT2D eigenvalue weighted by molar-refractivity contribution is -0.274. The van der Waals surface area contributed by atoms with Crippen LogP contribution in [-0.4, -0.2) is 25.6 Å². The first kappa shape index (κ1) is 16.6. The van der Waals surface area contributed by atoms with Crippen LogP contribution in [-0.2, 0) is 0 Å². The minimum Gasteiger partial charge on any atom is -0.406 e. The Bertz CT molecular complexity index is 528. The van der Waals surface area contributed by atoms with E-state index >= 15 is 0 Å². The van der Waals surface area contributed by atoms with Gasteiger partial charge in [0.1, 0.15) is 5.75 Å². The standard InChI is InChI=1S/C13H14F6N2O/c14-12(15,16)8-2-1-5-21(7-8)11-4-3-9(6-10(11)20)22-13(17,18)19/h3-4,6,8H,1-2,5,7,20H2. The van der Waals surface area contributed by atoms with Gasteiger partial charge in [-0.15, -0.1) is 13.2 Å². The molecule has 0 amide bonds. The normalized spacial score (nSPS) is 20.1. The Morgan fingerprint density at radius 3 is 2.36 bits per heavy atom. The van der Waals surface area contributed by atoms with Crippen LogP contribution in [0.15, 0.2) is 18.2 Å². The fraction of sp³-hybridized carbons (Fsp3) is 0.538. The Morgan fingerprint density at radius 1 is 1.14 bits per heavy atom. The first-order valence-electron chi connectivity index (χ1n) is 6.53. The summed E-state index contributed by atoms with van der Waals surface area (Å²) in [5, 5.41) is 0. The second kappa shape index (κ2) is 5.77. The maximum atomic E-state index is 12.8. The van der Waals surface area contributed by atoms with E-state index in [1.54, 1.807) is 0 Å². The summed E-state index contributed by atoms with van der Waals surface area (Å²) in [5.74, 6) is -1.97. The number of rotatable bonds is 2. The molecule has 22 heavy (non-hydrogen) atoms. The molecule has 1 aromatic rings. The number of halogens is 6. The summed E-state index contributed by atoms with van der Waals surface area (Å²) in [5.41, 5.74) is 5.88. The van der Waals surface area contributed by atoms with E-state index in [9.17, 15) is 26.3 Å². The fourth-order valence-corrected chi connectivity index (χ4v) is 2.48. The summed E-state index contributed by atoms with van der Waals surface area (Å²) in [4.78, 5) is 1.44. The maximum absolute atomic E-state index is 12.8. The lowest BCUT2D eigenvalue weighted by atomic mass is 9.97. The van der Waals surface area contributed by atoms with Crippen molar-refractivity contribution in [3.63, 3.8) is 0 Å². The summed E-state index contributed by atoms with van der Waals surface area (Å²) in [6.45, 7) is 0.115. The Kier molecular flexibility index (Phi) is 4.35. The summed E-state index contributed by atoms with van der Waals surface area (Å²) >= 11 is 0. The molecular formula is C13H14F6N2O. The van der Waals surface area contributed by atoms with Crippen LogP contribution >= 0.6 is 0 Å². The molecule has 1 aliphatic heterocycles. The quantitative estimate of drug-likeness (QED) is 0.660. The molecule has 0 radical (unpaired) electrons. The molecule has 2 N–H and O–H groups in total. The molecule has 1 fully saturated rings. The number of nitrogens with two attached hydrogens (primary N) is 1. The molecule has 1 aliphatic rings. The predicted molar refractivity (Wildman–Crippen MR) is 68.5 cm³/mol. The molecule has 0 aliphatic carbocycles. The van der Waals surface area contributed by atoms with Crippen LogP contribution in [0.5, 0.6) is 5.75 Å². The molecule has 2 rings (SSSR count). The van der Waals surface area contributed by atoms with E-state index in [0.29, 0.717) is 13.0 Å². The van der Waals surface area contributed by atoms with Crippen LogP contribution in [0.4, 0.5) is 37.7 Å². The van der Waals surface area contributed by atoms with Crippen LogP contribution in [0.2, 0.25) is 0 Å². The zero-order chi connectivity index (χ0) is 16.5.